The van der Waals surface area contributed by atoms with Crippen LogP contribution >= 0.6 is 0 Å². The summed E-state index contributed by atoms with van der Waals surface area (Å²) in [5.41, 5.74) is 0.574. The van der Waals surface area contributed by atoms with Gasteiger partial charge in [0.15, 0.2) is 0 Å². The van der Waals surface area contributed by atoms with Gasteiger partial charge in [-0.25, -0.2) is 4.79 Å². The predicted molar refractivity (Wildman–Crippen MR) is 74.4 cm³/mol. The number of carbonyl (C=O) groups is 1. The summed E-state index contributed by atoms with van der Waals surface area (Å²) in [6, 6.07) is 9.02. The van der Waals surface area contributed by atoms with Gasteiger partial charge in [-0.1, -0.05) is 57.4 Å². The molecule has 0 fully saturated rings. The predicted octanol–water partition coefficient (Wildman–Crippen LogP) is 4.72. The fourth-order valence-corrected chi connectivity index (χ4v) is 1.74. The molecular weight excluding hydrogens is 224 g/mol. The Bertz CT molecular complexity index is 368. The Hall–Kier alpha value is -1.57. The molecule has 2 nitrogen and oxygen atoms in total. The van der Waals surface area contributed by atoms with E-state index in [-0.39, 0.29) is 5.97 Å². The lowest BCUT2D eigenvalue weighted by atomic mass is 10.1. The molecule has 0 bridgehead atoms. The Morgan fingerprint density at radius 2 is 1.78 bits per heavy atom. The highest BCUT2D eigenvalue weighted by atomic mass is 16.5. The van der Waals surface area contributed by atoms with Crippen molar-refractivity contribution in [3.8, 4) is 0 Å². The van der Waals surface area contributed by atoms with Gasteiger partial charge in [0.25, 0.3) is 0 Å². The molecule has 0 atom stereocenters. The fourth-order valence-electron chi connectivity index (χ4n) is 1.74. The van der Waals surface area contributed by atoms with Crippen molar-refractivity contribution >= 4 is 5.97 Å². The minimum atomic E-state index is -0.311. The van der Waals surface area contributed by atoms with Gasteiger partial charge < -0.3 is 4.74 Å². The summed E-state index contributed by atoms with van der Waals surface area (Å²) in [6.07, 6.45) is 6.75. The van der Waals surface area contributed by atoms with Gasteiger partial charge in [-0.3, -0.25) is 0 Å². The van der Waals surface area contributed by atoms with Crippen molar-refractivity contribution in [2.24, 2.45) is 0 Å². The molecule has 1 rings (SSSR count). The zero-order valence-corrected chi connectivity index (χ0v) is 11.2. The molecule has 2 heteroatoms. The molecule has 1 aromatic rings. The molecule has 0 aromatic heterocycles. The third-order valence-electron chi connectivity index (χ3n) is 2.81. The molecule has 0 amide bonds. The molecule has 0 saturated heterocycles. The number of rotatable bonds is 8. The van der Waals surface area contributed by atoms with E-state index in [9.17, 15) is 4.79 Å². The Morgan fingerprint density at radius 1 is 1.11 bits per heavy atom. The summed E-state index contributed by atoms with van der Waals surface area (Å²) >= 11 is 0. The summed E-state index contributed by atoms with van der Waals surface area (Å²) in [7, 11) is 0. The van der Waals surface area contributed by atoms with Gasteiger partial charge in [0.05, 0.1) is 5.56 Å². The van der Waals surface area contributed by atoms with Crippen molar-refractivity contribution in [1.82, 2.24) is 0 Å². The molecule has 0 radical (unpaired) electrons. The van der Waals surface area contributed by atoms with E-state index in [1.807, 2.05) is 18.2 Å². The summed E-state index contributed by atoms with van der Waals surface area (Å²) < 4.78 is 5.21. The molecule has 0 aliphatic heterocycles. The maximum absolute atomic E-state index is 11.7. The molecule has 98 valence electrons. The Labute approximate surface area is 110 Å². The first-order valence-electron chi connectivity index (χ1n) is 6.69. The molecule has 0 unspecified atom stereocenters. The van der Waals surface area contributed by atoms with Gasteiger partial charge in [-0.2, -0.15) is 0 Å². The van der Waals surface area contributed by atoms with Crippen LogP contribution in [0.1, 0.15) is 55.8 Å². The van der Waals surface area contributed by atoms with Crippen LogP contribution in [0, 0.1) is 0 Å². The second-order valence-corrected chi connectivity index (χ2v) is 4.46. The van der Waals surface area contributed by atoms with Gasteiger partial charge in [-0.15, -0.1) is 0 Å². The highest BCUT2D eigenvalue weighted by molar-refractivity contribution is 5.89. The van der Waals surface area contributed by atoms with Crippen LogP contribution in [-0.4, -0.2) is 5.97 Å². The molecule has 0 N–H and O–H groups in total. The van der Waals surface area contributed by atoms with Crippen LogP contribution in [0.5, 0.6) is 0 Å². The third kappa shape index (κ3) is 5.67. The summed E-state index contributed by atoms with van der Waals surface area (Å²) in [6.45, 7) is 5.99. The van der Waals surface area contributed by atoms with Crippen molar-refractivity contribution < 1.29 is 9.53 Å². The quantitative estimate of drug-likeness (QED) is 0.377. The van der Waals surface area contributed by atoms with Gasteiger partial charge >= 0.3 is 5.97 Å². The van der Waals surface area contributed by atoms with Crippen LogP contribution in [0.2, 0.25) is 0 Å². The number of allylic oxidation sites excluding steroid dienone is 1. The molecule has 0 saturated carbocycles. The fraction of sp³-hybridized carbons (Fsp3) is 0.438. The highest BCUT2D eigenvalue weighted by Gasteiger charge is 2.07. The second kappa shape index (κ2) is 8.51. The first kappa shape index (κ1) is 14.5. The molecular formula is C16H22O2. The van der Waals surface area contributed by atoms with Crippen molar-refractivity contribution in [2.75, 3.05) is 0 Å². The number of hydrogen-bond donors (Lipinski definition) is 0. The van der Waals surface area contributed by atoms with Crippen LogP contribution in [0.4, 0.5) is 0 Å². The van der Waals surface area contributed by atoms with Crippen molar-refractivity contribution in [2.45, 2.75) is 45.4 Å². The van der Waals surface area contributed by atoms with Crippen LogP contribution in [-0.2, 0) is 4.74 Å². The van der Waals surface area contributed by atoms with Gasteiger partial charge in [-0.05, 0) is 18.6 Å². The molecule has 18 heavy (non-hydrogen) atoms. The summed E-state index contributed by atoms with van der Waals surface area (Å²) in [4.78, 5) is 11.7. The Morgan fingerprint density at radius 3 is 2.44 bits per heavy atom. The van der Waals surface area contributed by atoms with Crippen LogP contribution < -0.4 is 0 Å². The maximum Gasteiger partial charge on any atom is 0.343 e. The van der Waals surface area contributed by atoms with E-state index in [1.165, 1.54) is 25.7 Å². The number of hydrogen-bond acceptors (Lipinski definition) is 2. The average Bonchev–Trinajstić information content (AvgIpc) is 2.39. The van der Waals surface area contributed by atoms with Crippen LogP contribution in [0.25, 0.3) is 0 Å². The third-order valence-corrected chi connectivity index (χ3v) is 2.81. The lowest BCUT2D eigenvalue weighted by Crippen LogP contribution is -2.04. The smallest absolute Gasteiger partial charge is 0.343 e. The van der Waals surface area contributed by atoms with Gasteiger partial charge in [0, 0.05) is 6.42 Å². The molecule has 0 heterocycles. The van der Waals surface area contributed by atoms with E-state index in [0.717, 1.165) is 12.8 Å². The molecule has 0 aliphatic carbocycles. The van der Waals surface area contributed by atoms with E-state index >= 15 is 0 Å². The minimum absolute atomic E-state index is 0.311. The SMILES string of the molecule is C=C(CCCCCCC)OC(=O)c1ccccc1. The summed E-state index contributed by atoms with van der Waals surface area (Å²) in [5, 5.41) is 0. The molecule has 0 aliphatic rings. The van der Waals surface area contributed by atoms with E-state index in [1.54, 1.807) is 12.1 Å². The Kier molecular flexibility index (Phi) is 6.85. The lowest BCUT2D eigenvalue weighted by Gasteiger charge is -2.07. The normalized spacial score (nSPS) is 10.1. The maximum atomic E-state index is 11.7. The first-order valence-corrected chi connectivity index (χ1v) is 6.69. The zero-order chi connectivity index (χ0) is 13.2. The number of ether oxygens (including phenoxy) is 1. The van der Waals surface area contributed by atoms with Gasteiger partial charge in [0.2, 0.25) is 0 Å². The average molecular weight is 246 g/mol. The Balaban J connectivity index is 2.22. The van der Waals surface area contributed by atoms with E-state index in [2.05, 4.69) is 13.5 Å². The number of benzene rings is 1. The first-order chi connectivity index (χ1) is 8.74. The van der Waals surface area contributed by atoms with Crippen molar-refractivity contribution in [3.05, 3.63) is 48.2 Å². The number of carbonyl (C=O) groups excluding carboxylic acids is 1. The number of esters is 1. The second-order valence-electron chi connectivity index (χ2n) is 4.46. The van der Waals surface area contributed by atoms with E-state index in [0.29, 0.717) is 11.3 Å². The molecule has 0 spiro atoms. The lowest BCUT2D eigenvalue weighted by molar-refractivity contribution is 0.0614. The van der Waals surface area contributed by atoms with Gasteiger partial charge in [0.1, 0.15) is 5.76 Å². The standard InChI is InChI=1S/C16H22O2/c1-3-4-5-6-8-11-14(2)18-16(17)15-12-9-7-10-13-15/h7,9-10,12-13H,2-6,8,11H2,1H3. The van der Waals surface area contributed by atoms with Crippen molar-refractivity contribution in [1.29, 1.82) is 0 Å². The van der Waals surface area contributed by atoms with Crippen LogP contribution in [0.3, 0.4) is 0 Å². The van der Waals surface area contributed by atoms with Crippen molar-refractivity contribution in [3.63, 3.8) is 0 Å². The van der Waals surface area contributed by atoms with Crippen LogP contribution in [0.15, 0.2) is 42.7 Å². The zero-order valence-electron chi connectivity index (χ0n) is 11.2. The number of unbranched alkanes of at least 4 members (excludes halogenated alkanes) is 4. The van der Waals surface area contributed by atoms with E-state index in [4.69, 9.17) is 4.74 Å². The highest BCUT2D eigenvalue weighted by Crippen LogP contribution is 2.12. The monoisotopic (exact) mass is 246 g/mol. The summed E-state index contributed by atoms with van der Waals surface area (Å²) in [5.74, 6) is 0.259. The topological polar surface area (TPSA) is 26.3 Å². The largest absolute Gasteiger partial charge is 0.428 e. The minimum Gasteiger partial charge on any atom is -0.428 e. The van der Waals surface area contributed by atoms with E-state index < -0.39 is 0 Å². The molecule has 1 aromatic carbocycles.